The first-order valence-electron chi connectivity index (χ1n) is 10.0. The van der Waals surface area contributed by atoms with Gasteiger partial charge in [0, 0.05) is 37.7 Å². The maximum absolute atomic E-state index is 15.6. The van der Waals surface area contributed by atoms with Crippen molar-refractivity contribution in [2.45, 2.75) is 25.9 Å². The van der Waals surface area contributed by atoms with Crippen molar-refractivity contribution in [3.63, 3.8) is 0 Å². The summed E-state index contributed by atoms with van der Waals surface area (Å²) >= 11 is 0. The molecule has 4 rings (SSSR count). The minimum absolute atomic E-state index is 0.0140. The predicted molar refractivity (Wildman–Crippen MR) is 118 cm³/mol. The van der Waals surface area contributed by atoms with E-state index in [0.717, 1.165) is 5.56 Å². The van der Waals surface area contributed by atoms with Crippen LogP contribution in [0.15, 0.2) is 66.1 Å². The van der Waals surface area contributed by atoms with Gasteiger partial charge in [0.05, 0.1) is 29.0 Å². The lowest BCUT2D eigenvalue weighted by Crippen LogP contribution is -2.18. The van der Waals surface area contributed by atoms with Crippen molar-refractivity contribution in [3.05, 3.63) is 88.7 Å². The van der Waals surface area contributed by atoms with E-state index in [2.05, 4.69) is 10.3 Å². The number of imidazole rings is 1. The van der Waals surface area contributed by atoms with Crippen LogP contribution < -0.4 is 16.5 Å². The van der Waals surface area contributed by atoms with E-state index < -0.39 is 17.1 Å². The summed E-state index contributed by atoms with van der Waals surface area (Å²) in [7, 11) is 0. The number of benzene rings is 2. The Bertz CT molecular complexity index is 1250. The number of hydrogen-bond acceptors (Lipinski definition) is 4. The summed E-state index contributed by atoms with van der Waals surface area (Å²) in [6.07, 6.45) is 7.31. The van der Waals surface area contributed by atoms with Gasteiger partial charge in [-0.25, -0.2) is 13.8 Å². The molecule has 2 aromatic carbocycles. The van der Waals surface area contributed by atoms with Crippen LogP contribution in [0.1, 0.15) is 24.9 Å². The van der Waals surface area contributed by atoms with Gasteiger partial charge in [-0.3, -0.25) is 4.79 Å². The number of hydrogen-bond donors (Lipinski definition) is 2. The third-order valence-electron chi connectivity index (χ3n) is 5.43. The second-order valence-corrected chi connectivity index (χ2v) is 7.40. The summed E-state index contributed by atoms with van der Waals surface area (Å²) in [5.41, 5.74) is 5.68. The number of nitrogens with zero attached hydrogens (tertiary/aromatic N) is 3. The number of halogens is 2. The molecule has 0 spiro atoms. The number of rotatable bonds is 7. The van der Waals surface area contributed by atoms with E-state index >= 15 is 4.39 Å². The Hall–Kier alpha value is -3.68. The first kappa shape index (κ1) is 20.6. The van der Waals surface area contributed by atoms with E-state index in [1.165, 1.54) is 12.3 Å². The number of fused-ring (bicyclic) bond motifs is 1. The van der Waals surface area contributed by atoms with E-state index in [4.69, 9.17) is 5.73 Å². The summed E-state index contributed by atoms with van der Waals surface area (Å²) in [5, 5.41) is 2.67. The number of anilines is 2. The van der Waals surface area contributed by atoms with Gasteiger partial charge < -0.3 is 20.2 Å². The number of pyridine rings is 1. The normalized spacial score (nSPS) is 12.2. The van der Waals surface area contributed by atoms with Gasteiger partial charge in [0.15, 0.2) is 17.1 Å². The van der Waals surface area contributed by atoms with Gasteiger partial charge in [-0.15, -0.1) is 0 Å². The summed E-state index contributed by atoms with van der Waals surface area (Å²) in [6, 6.07) is 10.5. The lowest BCUT2D eigenvalue weighted by Gasteiger charge is -2.22. The summed E-state index contributed by atoms with van der Waals surface area (Å²) < 4.78 is 34.0. The standard InChI is InChI=1S/C23H23F2N5O/c1-15(16-6-3-2-4-7-16)30-12-8-17(31)18-21(26)19(24)22(20(25)23(18)30)28-9-5-11-29-13-10-27-14-29/h2-4,6-8,10,12-15,28H,5,9,11,26H2,1H3. The van der Waals surface area contributed by atoms with Gasteiger partial charge in [-0.2, -0.15) is 0 Å². The van der Waals surface area contributed by atoms with E-state index in [-0.39, 0.29) is 28.3 Å². The minimum atomic E-state index is -0.949. The molecule has 0 saturated carbocycles. The molecule has 1 atom stereocenters. The second kappa shape index (κ2) is 8.59. The molecule has 160 valence electrons. The average Bonchev–Trinajstić information content (AvgIpc) is 3.30. The molecule has 4 aromatic rings. The molecule has 8 heteroatoms. The number of nitrogens with two attached hydrogens (primary N) is 1. The van der Waals surface area contributed by atoms with Gasteiger partial charge in [0.1, 0.15) is 5.69 Å². The van der Waals surface area contributed by atoms with Crippen LogP contribution in [-0.2, 0) is 6.54 Å². The average molecular weight is 423 g/mol. The van der Waals surface area contributed by atoms with Crippen molar-refractivity contribution < 1.29 is 8.78 Å². The predicted octanol–water partition coefficient (Wildman–Crippen LogP) is 4.17. The third kappa shape index (κ3) is 3.88. The largest absolute Gasteiger partial charge is 0.396 e. The van der Waals surface area contributed by atoms with Gasteiger partial charge in [-0.05, 0) is 18.9 Å². The van der Waals surface area contributed by atoms with Crippen molar-refractivity contribution in [3.8, 4) is 0 Å². The van der Waals surface area contributed by atoms with Crippen molar-refractivity contribution >= 4 is 22.3 Å². The molecule has 6 nitrogen and oxygen atoms in total. The van der Waals surface area contributed by atoms with Crippen LogP contribution in [0.25, 0.3) is 10.9 Å². The number of aromatic nitrogens is 3. The Morgan fingerprint density at radius 1 is 1.13 bits per heavy atom. The molecule has 2 heterocycles. The fraction of sp³-hybridized carbons (Fsp3) is 0.217. The first-order chi connectivity index (χ1) is 15.0. The molecule has 0 aliphatic heterocycles. The Morgan fingerprint density at radius 2 is 1.90 bits per heavy atom. The minimum Gasteiger partial charge on any atom is -0.396 e. The fourth-order valence-electron chi connectivity index (χ4n) is 3.76. The molecule has 0 aliphatic carbocycles. The third-order valence-corrected chi connectivity index (χ3v) is 5.43. The van der Waals surface area contributed by atoms with Crippen LogP contribution in [0.3, 0.4) is 0 Å². The molecular weight excluding hydrogens is 400 g/mol. The van der Waals surface area contributed by atoms with E-state index in [0.29, 0.717) is 19.5 Å². The molecule has 0 fully saturated rings. The molecule has 2 aromatic heterocycles. The van der Waals surface area contributed by atoms with Gasteiger partial charge in [-0.1, -0.05) is 30.3 Å². The van der Waals surface area contributed by atoms with Crippen LogP contribution in [0.5, 0.6) is 0 Å². The van der Waals surface area contributed by atoms with Crippen molar-refractivity contribution in [2.24, 2.45) is 0 Å². The molecule has 0 aliphatic rings. The Labute approximate surface area is 178 Å². The van der Waals surface area contributed by atoms with Gasteiger partial charge >= 0.3 is 0 Å². The zero-order valence-corrected chi connectivity index (χ0v) is 17.1. The van der Waals surface area contributed by atoms with Crippen LogP contribution in [0, 0.1) is 11.6 Å². The van der Waals surface area contributed by atoms with Crippen molar-refractivity contribution in [1.29, 1.82) is 0 Å². The Balaban J connectivity index is 1.75. The van der Waals surface area contributed by atoms with Crippen molar-refractivity contribution in [1.82, 2.24) is 14.1 Å². The first-order valence-corrected chi connectivity index (χ1v) is 10.0. The molecule has 3 N–H and O–H groups in total. The highest BCUT2D eigenvalue weighted by Crippen LogP contribution is 2.34. The zero-order chi connectivity index (χ0) is 22.0. The highest BCUT2D eigenvalue weighted by Gasteiger charge is 2.23. The molecule has 0 saturated heterocycles. The topological polar surface area (TPSA) is 77.9 Å². The van der Waals surface area contributed by atoms with Crippen LogP contribution >= 0.6 is 0 Å². The van der Waals surface area contributed by atoms with E-state index in [1.807, 2.05) is 48.0 Å². The highest BCUT2D eigenvalue weighted by atomic mass is 19.1. The lowest BCUT2D eigenvalue weighted by molar-refractivity contribution is 0.579. The smallest absolute Gasteiger partial charge is 0.191 e. The molecule has 31 heavy (non-hydrogen) atoms. The number of nitrogens with one attached hydrogen (secondary N) is 1. The number of nitrogen functional groups attached to an aromatic ring is 1. The maximum Gasteiger partial charge on any atom is 0.191 e. The van der Waals surface area contributed by atoms with E-state index in [1.54, 1.807) is 17.1 Å². The molecule has 1 unspecified atom stereocenters. The molecule has 0 bridgehead atoms. The van der Waals surface area contributed by atoms with E-state index in [9.17, 15) is 9.18 Å². The SMILES string of the molecule is CC(c1ccccc1)n1ccc(=O)c2c(N)c(F)c(NCCCn3ccnc3)c(F)c21. The Morgan fingerprint density at radius 3 is 2.61 bits per heavy atom. The second-order valence-electron chi connectivity index (χ2n) is 7.40. The Kier molecular flexibility index (Phi) is 5.70. The van der Waals surface area contributed by atoms with Crippen LogP contribution in [-0.4, -0.2) is 20.7 Å². The van der Waals surface area contributed by atoms with Crippen molar-refractivity contribution in [2.75, 3.05) is 17.6 Å². The van der Waals surface area contributed by atoms with Crippen LogP contribution in [0.2, 0.25) is 0 Å². The monoisotopic (exact) mass is 423 g/mol. The highest BCUT2D eigenvalue weighted by molar-refractivity contribution is 5.95. The lowest BCUT2D eigenvalue weighted by atomic mass is 10.1. The molecule has 0 radical (unpaired) electrons. The summed E-state index contributed by atoms with van der Waals surface area (Å²) in [4.78, 5) is 16.4. The molecular formula is C23H23F2N5O. The quantitative estimate of drug-likeness (QED) is 0.346. The molecule has 0 amide bonds. The zero-order valence-electron chi connectivity index (χ0n) is 17.1. The van der Waals surface area contributed by atoms with Gasteiger partial charge in [0.25, 0.3) is 0 Å². The number of aryl methyl sites for hydroxylation is 1. The summed E-state index contributed by atoms with van der Waals surface area (Å²) in [5.74, 6) is -1.78. The van der Waals surface area contributed by atoms with Crippen LogP contribution in [0.4, 0.5) is 20.2 Å². The summed E-state index contributed by atoms with van der Waals surface area (Å²) in [6.45, 7) is 2.85. The fourth-order valence-corrected chi connectivity index (χ4v) is 3.76. The van der Waals surface area contributed by atoms with Gasteiger partial charge in [0.2, 0.25) is 0 Å². The maximum atomic E-state index is 15.6.